The lowest BCUT2D eigenvalue weighted by Gasteiger charge is -2.18. The Morgan fingerprint density at radius 2 is 2.05 bits per heavy atom. The Labute approximate surface area is 212 Å². The van der Waals surface area contributed by atoms with Gasteiger partial charge >= 0.3 is 0 Å². The molecule has 184 valence electrons. The number of aromatic amines is 1. The zero-order valence-electron chi connectivity index (χ0n) is 20.5. The van der Waals surface area contributed by atoms with Crippen LogP contribution in [0.25, 0.3) is 28.0 Å². The minimum absolute atomic E-state index is 0.0167. The fourth-order valence-electron chi connectivity index (χ4n) is 4.45. The van der Waals surface area contributed by atoms with Crippen molar-refractivity contribution in [2.75, 3.05) is 5.32 Å². The average molecular weight is 492 g/mol. The lowest BCUT2D eigenvalue weighted by atomic mass is 9.96. The summed E-state index contributed by atoms with van der Waals surface area (Å²) in [7, 11) is 0. The van der Waals surface area contributed by atoms with Gasteiger partial charge in [-0.05, 0) is 42.7 Å². The molecule has 0 saturated carbocycles. The van der Waals surface area contributed by atoms with E-state index < -0.39 is 0 Å². The fourth-order valence-corrected chi connectivity index (χ4v) is 4.45. The quantitative estimate of drug-likeness (QED) is 0.328. The maximum Gasteiger partial charge on any atom is 0.224 e. The topological polar surface area (TPSA) is 126 Å². The number of aromatic nitrogens is 6. The van der Waals surface area contributed by atoms with Gasteiger partial charge in [0.15, 0.2) is 11.6 Å². The third-order valence-corrected chi connectivity index (χ3v) is 6.22. The molecule has 0 radical (unpaired) electrons. The van der Waals surface area contributed by atoms with Crippen molar-refractivity contribution in [2.24, 2.45) is 5.10 Å². The molecule has 0 bridgehead atoms. The molecule has 10 heteroatoms. The molecule has 1 aromatic carbocycles. The second-order valence-corrected chi connectivity index (χ2v) is 8.97. The van der Waals surface area contributed by atoms with Crippen molar-refractivity contribution >= 4 is 28.3 Å². The van der Waals surface area contributed by atoms with Gasteiger partial charge in [0, 0.05) is 36.1 Å². The largest absolute Gasteiger partial charge is 0.336 e. The number of imidazole rings is 2. The molecule has 3 N–H and O–H groups in total. The molecule has 1 amide bonds. The van der Waals surface area contributed by atoms with Gasteiger partial charge in [0.2, 0.25) is 5.91 Å². The van der Waals surface area contributed by atoms with Gasteiger partial charge in [0.05, 0.1) is 29.6 Å². The van der Waals surface area contributed by atoms with Crippen LogP contribution >= 0.6 is 0 Å². The summed E-state index contributed by atoms with van der Waals surface area (Å²) < 4.78 is 1.87. The van der Waals surface area contributed by atoms with Gasteiger partial charge in [-0.3, -0.25) is 14.3 Å². The Kier molecular flexibility index (Phi) is 5.68. The van der Waals surface area contributed by atoms with E-state index in [9.17, 15) is 4.79 Å². The summed E-state index contributed by atoms with van der Waals surface area (Å²) in [6.07, 6.45) is 10.1. The number of amides is 1. The number of H-pyrrole nitrogens is 1. The summed E-state index contributed by atoms with van der Waals surface area (Å²) >= 11 is 0. The van der Waals surface area contributed by atoms with E-state index in [2.05, 4.69) is 54.0 Å². The number of benzene rings is 1. The molecule has 4 aromatic heterocycles. The zero-order valence-corrected chi connectivity index (χ0v) is 20.5. The molecule has 10 nitrogen and oxygen atoms in total. The van der Waals surface area contributed by atoms with Crippen molar-refractivity contribution in [1.29, 1.82) is 0 Å². The van der Waals surface area contributed by atoms with Crippen molar-refractivity contribution in [3.63, 3.8) is 0 Å². The van der Waals surface area contributed by atoms with E-state index in [4.69, 9.17) is 4.98 Å². The van der Waals surface area contributed by atoms with E-state index >= 15 is 0 Å². The summed E-state index contributed by atoms with van der Waals surface area (Å²) in [4.78, 5) is 33.6. The molecule has 5 aromatic rings. The number of nitrogens with one attached hydrogen (secondary N) is 3. The van der Waals surface area contributed by atoms with Gasteiger partial charge in [0.25, 0.3) is 0 Å². The zero-order chi connectivity index (χ0) is 25.4. The highest BCUT2D eigenvalue weighted by atomic mass is 16.1. The van der Waals surface area contributed by atoms with Crippen molar-refractivity contribution in [2.45, 2.75) is 33.2 Å². The minimum Gasteiger partial charge on any atom is -0.336 e. The van der Waals surface area contributed by atoms with Crippen LogP contribution in [0.5, 0.6) is 0 Å². The number of fused-ring (bicyclic) bond motifs is 2. The fraction of sp³-hybridized carbons (Fsp3) is 0.185. The third-order valence-electron chi connectivity index (χ3n) is 6.22. The molecule has 0 fully saturated rings. The summed E-state index contributed by atoms with van der Waals surface area (Å²) in [5, 5.41) is 7.54. The molecular formula is C27H25N9O. The first-order valence-electron chi connectivity index (χ1n) is 12.1. The Balaban J connectivity index is 1.38. The van der Waals surface area contributed by atoms with Crippen molar-refractivity contribution < 1.29 is 4.79 Å². The molecule has 6 rings (SSSR count). The standard InChI is InChI=1S/C27H25N9O/c1-3-4-23(37)32-20-9-19(11-28-13-20)17-5-6-18-12-31-35-24(21(18)10-17)26-33-22-7-8-29-27(25(22)34-26)36-14-16(2)30-15-36/h5-11,13-15,31H,3-4,12H2,1-2H3,(H,32,37)(H,33,34). The number of rotatable bonds is 6. The van der Waals surface area contributed by atoms with Gasteiger partial charge in [-0.1, -0.05) is 19.1 Å². The number of nitrogens with zero attached hydrogens (tertiary/aromatic N) is 6. The molecule has 5 heterocycles. The van der Waals surface area contributed by atoms with Crippen LogP contribution in [0, 0.1) is 6.92 Å². The van der Waals surface area contributed by atoms with Crippen LogP contribution in [-0.2, 0) is 11.3 Å². The van der Waals surface area contributed by atoms with Crippen molar-refractivity contribution in [1.82, 2.24) is 34.9 Å². The molecule has 0 atom stereocenters. The van der Waals surface area contributed by atoms with Crippen LogP contribution in [0.2, 0.25) is 0 Å². The van der Waals surface area contributed by atoms with Crippen LogP contribution in [0.4, 0.5) is 5.69 Å². The molecule has 0 saturated heterocycles. The molecule has 0 aliphatic carbocycles. The van der Waals surface area contributed by atoms with Gasteiger partial charge in [0.1, 0.15) is 17.6 Å². The Morgan fingerprint density at radius 1 is 1.14 bits per heavy atom. The molecule has 1 aliphatic heterocycles. The maximum atomic E-state index is 12.1. The Morgan fingerprint density at radius 3 is 2.89 bits per heavy atom. The van der Waals surface area contributed by atoms with Crippen molar-refractivity contribution in [3.05, 3.63) is 84.1 Å². The number of aryl methyl sites for hydroxylation is 1. The molecule has 1 aliphatic rings. The van der Waals surface area contributed by atoms with Gasteiger partial charge in [-0.25, -0.2) is 15.0 Å². The lowest BCUT2D eigenvalue weighted by molar-refractivity contribution is -0.116. The molecule has 37 heavy (non-hydrogen) atoms. The number of carbonyl (C=O) groups excluding carboxylic acids is 1. The molecular weight excluding hydrogens is 466 g/mol. The Hall–Kier alpha value is -4.86. The number of hydrogen-bond acceptors (Lipinski definition) is 7. The summed E-state index contributed by atoms with van der Waals surface area (Å²) in [6, 6.07) is 10.1. The van der Waals surface area contributed by atoms with Crippen LogP contribution in [-0.4, -0.2) is 41.1 Å². The van der Waals surface area contributed by atoms with E-state index in [1.165, 1.54) is 0 Å². The van der Waals surface area contributed by atoms with Gasteiger partial charge < -0.3 is 15.7 Å². The second-order valence-electron chi connectivity index (χ2n) is 8.97. The number of pyridine rings is 2. The monoisotopic (exact) mass is 491 g/mol. The number of anilines is 1. The first-order chi connectivity index (χ1) is 18.1. The number of hydrazone groups is 1. The SMILES string of the molecule is CCCC(=O)Nc1cncc(-c2ccc3c(c2)C(c2nc4c(-n5cnc(C)c5)nccc4[nH]2)=NNC3)c1. The average Bonchev–Trinajstić information content (AvgIpc) is 3.54. The van der Waals surface area contributed by atoms with E-state index in [0.717, 1.165) is 45.4 Å². The first-order valence-corrected chi connectivity index (χ1v) is 12.1. The normalized spacial score (nSPS) is 12.6. The Bertz CT molecular complexity index is 1660. The summed E-state index contributed by atoms with van der Waals surface area (Å²) in [6.45, 7) is 4.53. The highest BCUT2D eigenvalue weighted by Gasteiger charge is 2.21. The van der Waals surface area contributed by atoms with Crippen LogP contribution in [0.3, 0.4) is 0 Å². The first kappa shape index (κ1) is 22.6. The lowest BCUT2D eigenvalue weighted by Crippen LogP contribution is -2.22. The van der Waals surface area contributed by atoms with Gasteiger partial charge in [-0.15, -0.1) is 0 Å². The number of carbonyl (C=O) groups is 1. The van der Waals surface area contributed by atoms with Crippen LogP contribution < -0.4 is 10.7 Å². The van der Waals surface area contributed by atoms with Crippen LogP contribution in [0.1, 0.15) is 42.4 Å². The highest BCUT2D eigenvalue weighted by Crippen LogP contribution is 2.28. The summed E-state index contributed by atoms with van der Waals surface area (Å²) in [5.74, 6) is 1.33. The van der Waals surface area contributed by atoms with E-state index in [1.54, 1.807) is 24.9 Å². The smallest absolute Gasteiger partial charge is 0.224 e. The summed E-state index contributed by atoms with van der Waals surface area (Å²) in [5.41, 5.74) is 11.0. The predicted molar refractivity (Wildman–Crippen MR) is 141 cm³/mol. The third kappa shape index (κ3) is 4.33. The van der Waals surface area contributed by atoms with Gasteiger partial charge in [-0.2, -0.15) is 5.10 Å². The highest BCUT2D eigenvalue weighted by molar-refractivity contribution is 6.13. The predicted octanol–water partition coefficient (Wildman–Crippen LogP) is 4.11. The van der Waals surface area contributed by atoms with E-state index in [0.29, 0.717) is 36.0 Å². The second kappa shape index (κ2) is 9.30. The minimum atomic E-state index is -0.0167. The van der Waals surface area contributed by atoms with Crippen molar-refractivity contribution in [3.8, 4) is 16.9 Å². The van der Waals surface area contributed by atoms with E-state index in [-0.39, 0.29) is 5.91 Å². The van der Waals surface area contributed by atoms with Crippen LogP contribution in [0.15, 0.2) is 66.5 Å². The molecule has 0 spiro atoms. The molecule has 0 unspecified atom stereocenters. The maximum absolute atomic E-state index is 12.1. The number of hydrogen-bond donors (Lipinski definition) is 3. The van der Waals surface area contributed by atoms with E-state index in [1.807, 2.05) is 36.7 Å².